The van der Waals surface area contributed by atoms with Gasteiger partial charge in [-0.2, -0.15) is 5.01 Å². The van der Waals surface area contributed by atoms with Crippen LogP contribution < -0.4 is 14.2 Å². The van der Waals surface area contributed by atoms with Crippen molar-refractivity contribution in [1.29, 1.82) is 0 Å². The summed E-state index contributed by atoms with van der Waals surface area (Å²) in [6.45, 7) is 3.98. The van der Waals surface area contributed by atoms with Crippen molar-refractivity contribution in [3.8, 4) is 17.2 Å². The first-order valence-electron chi connectivity index (χ1n) is 10.4. The minimum absolute atomic E-state index is 0.0876. The summed E-state index contributed by atoms with van der Waals surface area (Å²) in [6.07, 6.45) is -0.874. The van der Waals surface area contributed by atoms with Crippen molar-refractivity contribution in [3.63, 3.8) is 0 Å². The zero-order valence-electron chi connectivity index (χ0n) is 19.0. The van der Waals surface area contributed by atoms with E-state index in [0.717, 1.165) is 5.39 Å². The maximum Gasteiger partial charge on any atom is 0.308 e. The third-order valence-corrected chi connectivity index (χ3v) is 5.05. The molecule has 1 unspecified atom stereocenters. The van der Waals surface area contributed by atoms with E-state index in [2.05, 4.69) is 5.10 Å². The highest BCUT2D eigenvalue weighted by atomic mass is 16.6. The van der Waals surface area contributed by atoms with Crippen molar-refractivity contribution < 1.29 is 33.3 Å². The lowest BCUT2D eigenvalue weighted by atomic mass is 10.0. The van der Waals surface area contributed by atoms with Crippen LogP contribution in [0.25, 0.3) is 10.8 Å². The molecular formula is C25H22N2O7. The van der Waals surface area contributed by atoms with Gasteiger partial charge in [0.05, 0.1) is 12.7 Å². The summed E-state index contributed by atoms with van der Waals surface area (Å²) in [4.78, 5) is 35.5. The van der Waals surface area contributed by atoms with Gasteiger partial charge in [-0.1, -0.05) is 24.3 Å². The molecule has 1 amide bonds. The monoisotopic (exact) mass is 462 g/mol. The van der Waals surface area contributed by atoms with E-state index in [1.165, 1.54) is 32.9 Å². The number of hydrogen-bond donors (Lipinski definition) is 0. The van der Waals surface area contributed by atoms with E-state index in [1.54, 1.807) is 36.4 Å². The average Bonchev–Trinajstić information content (AvgIpc) is 3.25. The molecule has 0 fully saturated rings. The number of carbonyl (C=O) groups is 3. The van der Waals surface area contributed by atoms with Crippen molar-refractivity contribution in [3.05, 3.63) is 65.7 Å². The number of benzene rings is 3. The Morgan fingerprint density at radius 2 is 1.56 bits per heavy atom. The SMILES string of the molecule is COc1cc(C2=NN(C(C)=O)C(c3ccc(OC(C)=O)cc3)O2)c(OC(C)=O)c2ccccc12. The molecule has 1 aliphatic rings. The maximum absolute atomic E-state index is 12.4. The summed E-state index contributed by atoms with van der Waals surface area (Å²) in [5.41, 5.74) is 0.961. The number of rotatable bonds is 5. The Kier molecular flexibility index (Phi) is 6.18. The van der Waals surface area contributed by atoms with Crippen LogP contribution in [0.1, 0.15) is 38.1 Å². The van der Waals surface area contributed by atoms with Gasteiger partial charge < -0.3 is 18.9 Å². The largest absolute Gasteiger partial charge is 0.496 e. The van der Waals surface area contributed by atoms with Crippen molar-refractivity contribution in [2.45, 2.75) is 27.0 Å². The van der Waals surface area contributed by atoms with Gasteiger partial charge in [0.2, 0.25) is 18.0 Å². The third kappa shape index (κ3) is 4.40. The van der Waals surface area contributed by atoms with Crippen molar-refractivity contribution in [1.82, 2.24) is 5.01 Å². The lowest BCUT2D eigenvalue weighted by Gasteiger charge is -2.20. The van der Waals surface area contributed by atoms with Gasteiger partial charge in [-0.15, -0.1) is 5.10 Å². The van der Waals surface area contributed by atoms with Gasteiger partial charge in [0.15, 0.2) is 5.75 Å². The van der Waals surface area contributed by atoms with E-state index in [9.17, 15) is 14.4 Å². The predicted octanol–water partition coefficient (Wildman–Crippen LogP) is 3.94. The van der Waals surface area contributed by atoms with Gasteiger partial charge in [0.25, 0.3) is 0 Å². The number of hydrazone groups is 1. The molecule has 3 aromatic carbocycles. The quantitative estimate of drug-likeness (QED) is 0.418. The highest BCUT2D eigenvalue weighted by Gasteiger charge is 2.35. The first-order valence-corrected chi connectivity index (χ1v) is 10.4. The molecule has 1 atom stereocenters. The summed E-state index contributed by atoms with van der Waals surface area (Å²) >= 11 is 0. The van der Waals surface area contributed by atoms with Gasteiger partial charge in [-0.05, 0) is 30.3 Å². The molecule has 174 valence electrons. The Bertz CT molecular complexity index is 1310. The normalized spacial score (nSPS) is 14.9. The number of amides is 1. The summed E-state index contributed by atoms with van der Waals surface area (Å²) in [5, 5.41) is 6.94. The van der Waals surface area contributed by atoms with E-state index in [-0.39, 0.29) is 17.6 Å². The van der Waals surface area contributed by atoms with Gasteiger partial charge in [-0.3, -0.25) is 14.4 Å². The van der Waals surface area contributed by atoms with E-state index < -0.39 is 18.2 Å². The minimum atomic E-state index is -0.874. The van der Waals surface area contributed by atoms with Gasteiger partial charge >= 0.3 is 11.9 Å². The van der Waals surface area contributed by atoms with E-state index >= 15 is 0 Å². The van der Waals surface area contributed by atoms with Crippen LogP contribution in [0.2, 0.25) is 0 Å². The van der Waals surface area contributed by atoms with Gasteiger partial charge in [0.1, 0.15) is 11.5 Å². The van der Waals surface area contributed by atoms with E-state index in [4.69, 9.17) is 18.9 Å². The highest BCUT2D eigenvalue weighted by Crippen LogP contribution is 2.40. The summed E-state index contributed by atoms with van der Waals surface area (Å²) in [7, 11) is 1.53. The zero-order chi connectivity index (χ0) is 24.4. The second-order valence-electron chi connectivity index (χ2n) is 7.50. The number of fused-ring (bicyclic) bond motifs is 1. The number of carbonyl (C=O) groups excluding carboxylic acids is 3. The first-order chi connectivity index (χ1) is 16.3. The molecule has 0 aromatic heterocycles. The fraction of sp³-hybridized carbons (Fsp3) is 0.200. The molecule has 0 N–H and O–H groups in total. The van der Waals surface area contributed by atoms with E-state index in [0.29, 0.717) is 28.0 Å². The molecule has 0 spiro atoms. The lowest BCUT2D eigenvalue weighted by Crippen LogP contribution is -2.25. The summed E-state index contributed by atoms with van der Waals surface area (Å²) in [5.74, 6) is -0.0923. The molecule has 9 heteroatoms. The van der Waals surface area contributed by atoms with Crippen LogP contribution in [0.5, 0.6) is 17.2 Å². The standard InChI is InChI=1S/C25H22N2O7/c1-14(28)27-25(17-9-11-18(12-10-17)32-15(2)29)34-24(26-27)21-13-22(31-4)19-7-5-6-8-20(19)23(21)33-16(3)30/h5-13,25H,1-4H3. The Hall–Kier alpha value is -4.40. The van der Waals surface area contributed by atoms with Crippen molar-refractivity contribution in [2.24, 2.45) is 5.10 Å². The van der Waals surface area contributed by atoms with Crippen LogP contribution >= 0.6 is 0 Å². The van der Waals surface area contributed by atoms with Crippen LogP contribution in [-0.2, 0) is 19.1 Å². The number of nitrogens with zero attached hydrogens (tertiary/aromatic N) is 2. The molecule has 0 aliphatic carbocycles. The molecule has 9 nitrogen and oxygen atoms in total. The number of ether oxygens (including phenoxy) is 4. The van der Waals surface area contributed by atoms with Crippen LogP contribution in [0.4, 0.5) is 0 Å². The molecule has 1 aliphatic heterocycles. The second-order valence-corrected chi connectivity index (χ2v) is 7.50. The maximum atomic E-state index is 12.4. The van der Waals surface area contributed by atoms with Crippen LogP contribution in [0.15, 0.2) is 59.7 Å². The second kappa shape index (κ2) is 9.22. The van der Waals surface area contributed by atoms with Crippen LogP contribution in [0, 0.1) is 0 Å². The molecule has 4 rings (SSSR count). The van der Waals surface area contributed by atoms with Crippen LogP contribution in [0.3, 0.4) is 0 Å². The average molecular weight is 462 g/mol. The fourth-order valence-electron chi connectivity index (χ4n) is 3.66. The molecule has 0 bridgehead atoms. The Labute approximate surface area is 195 Å². The van der Waals surface area contributed by atoms with Gasteiger partial charge in [0, 0.05) is 37.1 Å². The lowest BCUT2D eigenvalue weighted by molar-refractivity contribution is -0.135. The Morgan fingerprint density at radius 3 is 2.15 bits per heavy atom. The topological polar surface area (TPSA) is 104 Å². The third-order valence-electron chi connectivity index (χ3n) is 5.05. The minimum Gasteiger partial charge on any atom is -0.496 e. The van der Waals surface area contributed by atoms with E-state index in [1.807, 2.05) is 18.2 Å². The van der Waals surface area contributed by atoms with Crippen molar-refractivity contribution in [2.75, 3.05) is 7.11 Å². The summed E-state index contributed by atoms with van der Waals surface area (Å²) < 4.78 is 22.3. The molecule has 1 heterocycles. The molecule has 0 radical (unpaired) electrons. The number of hydrogen-bond acceptors (Lipinski definition) is 8. The molecule has 0 saturated heterocycles. The number of esters is 2. The Morgan fingerprint density at radius 1 is 0.912 bits per heavy atom. The molecule has 3 aromatic rings. The zero-order valence-corrected chi connectivity index (χ0v) is 19.0. The Balaban J connectivity index is 1.79. The number of methoxy groups -OCH3 is 1. The fourth-order valence-corrected chi connectivity index (χ4v) is 3.66. The molecular weight excluding hydrogens is 440 g/mol. The molecule has 0 saturated carbocycles. The first kappa shape index (κ1) is 22.8. The molecule has 34 heavy (non-hydrogen) atoms. The van der Waals surface area contributed by atoms with Crippen LogP contribution in [-0.4, -0.2) is 35.9 Å². The highest BCUT2D eigenvalue weighted by molar-refractivity contribution is 6.07. The van der Waals surface area contributed by atoms with Gasteiger partial charge in [-0.25, -0.2) is 0 Å². The predicted molar refractivity (Wildman–Crippen MR) is 122 cm³/mol. The summed E-state index contributed by atoms with van der Waals surface area (Å²) in [6, 6.07) is 15.5. The van der Waals surface area contributed by atoms with Crippen molar-refractivity contribution >= 4 is 34.5 Å². The smallest absolute Gasteiger partial charge is 0.308 e.